The molecule has 0 spiro atoms. The molecule has 0 atom stereocenters. The molecule has 0 fully saturated rings. The van der Waals surface area contributed by atoms with E-state index in [1.54, 1.807) is 25.1 Å². The van der Waals surface area contributed by atoms with Crippen molar-refractivity contribution in [3.05, 3.63) is 104 Å². The van der Waals surface area contributed by atoms with Crippen LogP contribution >= 0.6 is 0 Å². The maximum Gasteiger partial charge on any atom is 0.416 e. The minimum absolute atomic E-state index is 0.0790. The maximum absolute atomic E-state index is 13.1. The van der Waals surface area contributed by atoms with Gasteiger partial charge in [0.25, 0.3) is 5.69 Å². The number of nitro groups is 2. The predicted molar refractivity (Wildman–Crippen MR) is 130 cm³/mol. The summed E-state index contributed by atoms with van der Waals surface area (Å²) in [5, 5.41) is 22.3. The van der Waals surface area contributed by atoms with Crippen molar-refractivity contribution in [3.8, 4) is 17.2 Å². The molecule has 0 bridgehead atoms. The fourth-order valence-corrected chi connectivity index (χ4v) is 3.29. The Morgan fingerprint density at radius 2 is 1.70 bits per heavy atom. The van der Waals surface area contributed by atoms with Gasteiger partial charge in [-0.3, -0.25) is 25.2 Å². The number of allylic oxidation sites excluding steroid dienone is 1. The Hall–Kier alpha value is -4.74. The van der Waals surface area contributed by atoms with Crippen molar-refractivity contribution < 1.29 is 32.5 Å². The first kappa shape index (κ1) is 26.9. The van der Waals surface area contributed by atoms with Crippen LogP contribution in [0.4, 0.5) is 30.2 Å². The molecule has 12 heteroatoms. The molecule has 0 radical (unpaired) electrons. The molecule has 0 heterocycles. The number of halogens is 3. The van der Waals surface area contributed by atoms with E-state index in [2.05, 4.69) is 11.6 Å². The van der Waals surface area contributed by atoms with Gasteiger partial charge in [-0.1, -0.05) is 6.08 Å². The Labute approximate surface area is 208 Å². The van der Waals surface area contributed by atoms with Crippen LogP contribution in [0.25, 0.3) is 0 Å². The molecule has 9 nitrogen and oxygen atoms in total. The third kappa shape index (κ3) is 6.69. The van der Waals surface area contributed by atoms with Crippen LogP contribution in [0.1, 0.15) is 23.6 Å². The molecule has 37 heavy (non-hydrogen) atoms. The number of nitro benzene ring substituents is 2. The number of non-ortho nitro benzene ring substituents is 1. The van der Waals surface area contributed by atoms with Gasteiger partial charge in [0.1, 0.15) is 0 Å². The largest absolute Gasteiger partial charge is 0.490 e. The van der Waals surface area contributed by atoms with Crippen molar-refractivity contribution in [1.82, 2.24) is 0 Å². The number of hydrogen-bond donors (Lipinski definition) is 0. The lowest BCUT2D eigenvalue weighted by Crippen LogP contribution is -2.06. The van der Waals surface area contributed by atoms with Crippen LogP contribution < -0.4 is 9.47 Å². The highest BCUT2D eigenvalue weighted by Crippen LogP contribution is 2.42. The Bertz CT molecular complexity index is 1360. The summed E-state index contributed by atoms with van der Waals surface area (Å²) in [4.78, 5) is 25.1. The van der Waals surface area contributed by atoms with Gasteiger partial charge in [-0.05, 0) is 55.3 Å². The van der Waals surface area contributed by atoms with Crippen LogP contribution in [0.15, 0.2) is 72.2 Å². The van der Waals surface area contributed by atoms with Crippen LogP contribution in [0, 0.1) is 20.2 Å². The number of aliphatic imine (C=N–C) groups is 1. The quantitative estimate of drug-likeness (QED) is 0.122. The van der Waals surface area contributed by atoms with E-state index < -0.39 is 33.0 Å². The average molecular weight is 515 g/mol. The lowest BCUT2D eigenvalue weighted by atomic mass is 10.1. The molecule has 192 valence electrons. The highest BCUT2D eigenvalue weighted by Gasteiger charge is 2.33. The van der Waals surface area contributed by atoms with Crippen LogP contribution in [0.3, 0.4) is 0 Å². The Balaban J connectivity index is 2.04. The van der Waals surface area contributed by atoms with Gasteiger partial charge in [0.05, 0.1) is 27.7 Å². The standard InChI is InChI=1S/C25H20F3N3O6/c1-3-5-17-12-16(15-29-19-7-9-20(10-8-19)30(32)33)13-23(36-4-2)24(17)37-22-11-6-18(25(26,27)28)14-21(22)31(34)35/h3,6-15H,1,4-5H2,2H3. The Kier molecular flexibility index (Phi) is 8.23. The molecular formula is C25H20F3N3O6. The van der Waals surface area contributed by atoms with Gasteiger partial charge in [-0.15, -0.1) is 6.58 Å². The van der Waals surface area contributed by atoms with Crippen LogP contribution in [0.2, 0.25) is 0 Å². The van der Waals surface area contributed by atoms with Crippen molar-refractivity contribution in [1.29, 1.82) is 0 Å². The number of nitrogens with zero attached hydrogens (tertiary/aromatic N) is 3. The topological polar surface area (TPSA) is 117 Å². The first-order valence-electron chi connectivity index (χ1n) is 10.8. The van der Waals surface area contributed by atoms with E-state index in [1.807, 2.05) is 0 Å². The molecule has 3 aromatic carbocycles. The molecule has 0 aromatic heterocycles. The van der Waals surface area contributed by atoms with Crippen LogP contribution in [0.5, 0.6) is 17.2 Å². The number of hydrogen-bond acceptors (Lipinski definition) is 7. The number of benzene rings is 3. The highest BCUT2D eigenvalue weighted by molar-refractivity contribution is 5.84. The van der Waals surface area contributed by atoms with Crippen molar-refractivity contribution in [2.45, 2.75) is 19.5 Å². The van der Waals surface area contributed by atoms with Crippen LogP contribution in [-0.2, 0) is 12.6 Å². The lowest BCUT2D eigenvalue weighted by Gasteiger charge is -2.17. The number of ether oxygens (including phenoxy) is 2. The molecule has 0 saturated carbocycles. The zero-order valence-corrected chi connectivity index (χ0v) is 19.4. The van der Waals surface area contributed by atoms with Crippen LogP contribution in [-0.4, -0.2) is 22.7 Å². The molecule has 3 rings (SSSR count). The monoisotopic (exact) mass is 515 g/mol. The molecule has 0 aliphatic rings. The molecule has 0 saturated heterocycles. The SMILES string of the molecule is C=CCc1cc(C=Nc2ccc([N+](=O)[O-])cc2)cc(OCC)c1Oc1ccc(C(F)(F)F)cc1[N+](=O)[O-]. The zero-order chi connectivity index (χ0) is 27.2. The summed E-state index contributed by atoms with van der Waals surface area (Å²) in [5.74, 6) is -0.130. The lowest BCUT2D eigenvalue weighted by molar-refractivity contribution is -0.385. The minimum Gasteiger partial charge on any atom is -0.490 e. The van der Waals surface area contributed by atoms with E-state index in [0.29, 0.717) is 28.9 Å². The predicted octanol–water partition coefficient (Wildman–Crippen LogP) is 7.19. The summed E-state index contributed by atoms with van der Waals surface area (Å²) in [6.45, 7) is 5.59. The second kappa shape index (κ2) is 11.3. The third-order valence-electron chi connectivity index (χ3n) is 4.94. The fraction of sp³-hybridized carbons (Fsp3) is 0.160. The van der Waals surface area contributed by atoms with E-state index in [1.165, 1.54) is 30.5 Å². The normalized spacial score (nSPS) is 11.4. The summed E-state index contributed by atoms with van der Waals surface area (Å²) < 4.78 is 50.7. The average Bonchev–Trinajstić information content (AvgIpc) is 2.84. The third-order valence-corrected chi connectivity index (χ3v) is 4.94. The van der Waals surface area contributed by atoms with Gasteiger partial charge >= 0.3 is 11.9 Å². The zero-order valence-electron chi connectivity index (χ0n) is 19.4. The molecule has 0 N–H and O–H groups in total. The van der Waals surface area contributed by atoms with Crippen molar-refractivity contribution >= 4 is 23.3 Å². The van der Waals surface area contributed by atoms with Crippen molar-refractivity contribution in [2.24, 2.45) is 4.99 Å². The maximum atomic E-state index is 13.1. The van der Waals surface area contributed by atoms with E-state index in [9.17, 15) is 33.4 Å². The molecule has 0 unspecified atom stereocenters. The summed E-state index contributed by atoms with van der Waals surface area (Å²) in [5.41, 5.74) is -0.626. The molecule has 3 aromatic rings. The fourth-order valence-electron chi connectivity index (χ4n) is 3.29. The second-order valence-electron chi connectivity index (χ2n) is 7.50. The summed E-state index contributed by atoms with van der Waals surface area (Å²) in [6, 6.07) is 10.8. The first-order valence-corrected chi connectivity index (χ1v) is 10.8. The molecular weight excluding hydrogens is 495 g/mol. The van der Waals surface area contributed by atoms with Gasteiger partial charge in [-0.2, -0.15) is 13.2 Å². The summed E-state index contributed by atoms with van der Waals surface area (Å²) in [7, 11) is 0. The van der Waals surface area contributed by atoms with Crippen molar-refractivity contribution in [3.63, 3.8) is 0 Å². The number of rotatable bonds is 10. The molecule has 0 aliphatic heterocycles. The molecule has 0 aliphatic carbocycles. The Morgan fingerprint density at radius 1 is 1.00 bits per heavy atom. The van der Waals surface area contributed by atoms with E-state index in [0.717, 1.165) is 6.07 Å². The minimum atomic E-state index is -4.77. The first-order chi connectivity index (χ1) is 17.5. The van der Waals surface area contributed by atoms with Gasteiger partial charge in [0.15, 0.2) is 11.5 Å². The second-order valence-corrected chi connectivity index (χ2v) is 7.50. The van der Waals surface area contributed by atoms with Gasteiger partial charge < -0.3 is 9.47 Å². The van der Waals surface area contributed by atoms with E-state index in [4.69, 9.17) is 9.47 Å². The van der Waals surface area contributed by atoms with E-state index >= 15 is 0 Å². The molecule has 0 amide bonds. The number of alkyl halides is 3. The highest BCUT2D eigenvalue weighted by atomic mass is 19.4. The smallest absolute Gasteiger partial charge is 0.416 e. The summed E-state index contributed by atoms with van der Waals surface area (Å²) >= 11 is 0. The van der Waals surface area contributed by atoms with E-state index in [-0.39, 0.29) is 30.2 Å². The van der Waals surface area contributed by atoms with Gasteiger partial charge in [0, 0.05) is 30.0 Å². The van der Waals surface area contributed by atoms with Gasteiger partial charge in [0.2, 0.25) is 5.75 Å². The van der Waals surface area contributed by atoms with Crippen molar-refractivity contribution in [2.75, 3.05) is 6.61 Å². The Morgan fingerprint density at radius 3 is 2.27 bits per heavy atom. The summed E-state index contributed by atoms with van der Waals surface area (Å²) in [6.07, 6.45) is -1.49. The van der Waals surface area contributed by atoms with Gasteiger partial charge in [-0.25, -0.2) is 0 Å².